The molecule has 0 saturated heterocycles. The van der Waals surface area contributed by atoms with Gasteiger partial charge in [-0.15, -0.1) is 11.3 Å². The lowest BCUT2D eigenvalue weighted by Crippen LogP contribution is -2.09. The third kappa shape index (κ3) is 5.17. The Morgan fingerprint density at radius 1 is 1.44 bits per heavy atom. The minimum absolute atomic E-state index is 0.384. The number of aromatic nitrogens is 2. The first kappa shape index (κ1) is 17.7. The normalized spacial score (nSPS) is 13.2. The van der Waals surface area contributed by atoms with E-state index in [1.54, 1.807) is 5.51 Å². The molecule has 2 heterocycles. The van der Waals surface area contributed by atoms with Crippen molar-refractivity contribution in [2.24, 2.45) is 0 Å². The third-order valence-corrected chi connectivity index (χ3v) is 4.40. The molecule has 2 N–H and O–H groups in total. The van der Waals surface area contributed by atoms with Crippen LogP contribution in [0.1, 0.15) is 24.2 Å². The molecule has 5 nitrogen and oxygen atoms in total. The summed E-state index contributed by atoms with van der Waals surface area (Å²) in [6.45, 7) is 0.833. The lowest BCUT2D eigenvalue weighted by molar-refractivity contribution is -0.109. The largest absolute Gasteiger partial charge is 0.486 e. The summed E-state index contributed by atoms with van der Waals surface area (Å²) in [7, 11) is 0. The molecule has 132 valence electrons. The molecule has 1 aliphatic carbocycles. The fourth-order valence-electron chi connectivity index (χ4n) is 2.07. The van der Waals surface area contributed by atoms with Gasteiger partial charge in [0.1, 0.15) is 18.5 Å². The molecule has 0 atom stereocenters. The zero-order valence-electron chi connectivity index (χ0n) is 13.3. The number of amides is 1. The number of ether oxygens (including phenoxy) is 1. The first-order valence-electron chi connectivity index (χ1n) is 7.78. The number of rotatable bonds is 6. The molecule has 8 heteroatoms. The van der Waals surface area contributed by atoms with Crippen molar-refractivity contribution in [1.82, 2.24) is 15.3 Å². The summed E-state index contributed by atoms with van der Waals surface area (Å²) >= 11 is 7.76. The van der Waals surface area contributed by atoms with Gasteiger partial charge in [0.15, 0.2) is 0 Å². The van der Waals surface area contributed by atoms with Crippen molar-refractivity contribution >= 4 is 40.3 Å². The summed E-state index contributed by atoms with van der Waals surface area (Å²) < 4.78 is 16.8. The van der Waals surface area contributed by atoms with Crippen LogP contribution in [0.25, 0.3) is 10.9 Å². The molecular formula is C17H17ClFN3O2S. The molecule has 1 aromatic carbocycles. The number of carbonyl (C=O) groups is 1. The monoisotopic (exact) mass is 381 g/mol. The molecule has 25 heavy (non-hydrogen) atoms. The van der Waals surface area contributed by atoms with Crippen LogP contribution in [0, 0.1) is 0 Å². The minimum atomic E-state index is -0.417. The molecule has 1 saturated carbocycles. The van der Waals surface area contributed by atoms with E-state index >= 15 is 0 Å². The summed E-state index contributed by atoms with van der Waals surface area (Å²) in [4.78, 5) is 17.7. The van der Waals surface area contributed by atoms with Crippen molar-refractivity contribution in [2.75, 3.05) is 0 Å². The first-order chi connectivity index (χ1) is 12.2. The van der Waals surface area contributed by atoms with Crippen LogP contribution in [0.15, 0.2) is 29.1 Å². The van der Waals surface area contributed by atoms with E-state index in [1.165, 1.54) is 11.3 Å². The topological polar surface area (TPSA) is 67.0 Å². The van der Waals surface area contributed by atoms with Gasteiger partial charge in [-0.3, -0.25) is 4.79 Å². The Bertz CT molecular complexity index is 834. The Balaban J connectivity index is 0.000000401. The van der Waals surface area contributed by atoms with Gasteiger partial charge in [-0.05, 0) is 25.0 Å². The Morgan fingerprint density at radius 3 is 2.88 bits per heavy atom. The SMILES string of the molecule is FC1CC1.O=CNCc1cc2cc(Cl)c(OCc3cscn3)cc2[nH]1. The minimum Gasteiger partial charge on any atom is -0.486 e. The van der Waals surface area contributed by atoms with Crippen molar-refractivity contribution in [1.29, 1.82) is 0 Å². The van der Waals surface area contributed by atoms with Gasteiger partial charge in [0.25, 0.3) is 0 Å². The molecule has 0 bridgehead atoms. The fraction of sp³-hybridized carbons (Fsp3) is 0.294. The van der Waals surface area contributed by atoms with E-state index in [-0.39, 0.29) is 0 Å². The number of alkyl halides is 1. The number of fused-ring (bicyclic) bond motifs is 1. The van der Waals surface area contributed by atoms with E-state index in [9.17, 15) is 9.18 Å². The number of nitrogens with zero attached hydrogens (tertiary/aromatic N) is 1. The first-order valence-corrected chi connectivity index (χ1v) is 9.10. The van der Waals surface area contributed by atoms with E-state index in [0.29, 0.717) is 30.3 Å². The molecule has 0 unspecified atom stereocenters. The molecular weight excluding hydrogens is 365 g/mol. The Morgan fingerprint density at radius 2 is 2.24 bits per heavy atom. The number of carbonyl (C=O) groups excluding carboxylic acids is 1. The fourth-order valence-corrected chi connectivity index (χ4v) is 2.84. The van der Waals surface area contributed by atoms with Crippen molar-refractivity contribution in [2.45, 2.75) is 32.2 Å². The van der Waals surface area contributed by atoms with Crippen LogP contribution in [-0.4, -0.2) is 22.5 Å². The van der Waals surface area contributed by atoms with Crippen molar-refractivity contribution < 1.29 is 13.9 Å². The van der Waals surface area contributed by atoms with Crippen LogP contribution in [0.2, 0.25) is 5.02 Å². The maximum atomic E-state index is 11.1. The molecule has 0 spiro atoms. The van der Waals surface area contributed by atoms with E-state index < -0.39 is 6.17 Å². The lowest BCUT2D eigenvalue weighted by atomic mass is 10.2. The maximum absolute atomic E-state index is 11.1. The number of halogens is 2. The van der Waals surface area contributed by atoms with Crippen LogP contribution < -0.4 is 10.1 Å². The molecule has 4 rings (SSSR count). The van der Waals surface area contributed by atoms with Gasteiger partial charge in [0, 0.05) is 28.0 Å². The van der Waals surface area contributed by atoms with E-state index in [1.807, 2.05) is 23.6 Å². The van der Waals surface area contributed by atoms with Crippen LogP contribution in [-0.2, 0) is 17.9 Å². The predicted octanol–water partition coefficient (Wildman–Crippen LogP) is 4.22. The zero-order chi connectivity index (χ0) is 17.6. The number of aromatic amines is 1. The average molecular weight is 382 g/mol. The predicted molar refractivity (Wildman–Crippen MR) is 96.8 cm³/mol. The molecule has 1 amide bonds. The number of hydrogen-bond donors (Lipinski definition) is 2. The molecule has 0 radical (unpaired) electrons. The second-order valence-corrected chi connectivity index (χ2v) is 6.73. The van der Waals surface area contributed by atoms with Gasteiger partial charge in [-0.1, -0.05) is 11.6 Å². The molecule has 0 aliphatic heterocycles. The number of H-pyrrole nitrogens is 1. The Kier molecular flexibility index (Phi) is 5.88. The molecule has 2 aromatic heterocycles. The molecule has 1 aliphatic rings. The lowest BCUT2D eigenvalue weighted by Gasteiger charge is -2.06. The highest BCUT2D eigenvalue weighted by Crippen LogP contribution is 2.31. The summed E-state index contributed by atoms with van der Waals surface area (Å²) in [5.41, 5.74) is 4.46. The summed E-state index contributed by atoms with van der Waals surface area (Å²) in [6.07, 6.45) is 1.89. The van der Waals surface area contributed by atoms with Gasteiger partial charge in [-0.2, -0.15) is 0 Å². The van der Waals surface area contributed by atoms with Crippen LogP contribution in [0.3, 0.4) is 0 Å². The highest BCUT2D eigenvalue weighted by atomic mass is 35.5. The maximum Gasteiger partial charge on any atom is 0.207 e. The van der Waals surface area contributed by atoms with E-state index in [0.717, 1.165) is 35.1 Å². The molecule has 1 fully saturated rings. The van der Waals surface area contributed by atoms with Crippen molar-refractivity contribution in [3.8, 4) is 5.75 Å². The highest BCUT2D eigenvalue weighted by Gasteiger charge is 2.18. The Labute approximate surface area is 153 Å². The van der Waals surface area contributed by atoms with Crippen LogP contribution in [0.5, 0.6) is 5.75 Å². The standard InChI is InChI=1S/C14H12ClN3O2S.C3H5F/c15-12-2-9-1-10(4-16-7-19)18-13(9)3-14(12)20-5-11-6-21-8-17-11;4-3-1-2-3/h1-3,6-8,18H,4-5H2,(H,16,19);3H,1-2H2. The average Bonchev–Trinajstić information content (AvgIpc) is 3.08. The van der Waals surface area contributed by atoms with Crippen LogP contribution >= 0.6 is 22.9 Å². The van der Waals surface area contributed by atoms with E-state index in [4.69, 9.17) is 16.3 Å². The van der Waals surface area contributed by atoms with Gasteiger partial charge in [0.05, 0.1) is 22.8 Å². The quantitative estimate of drug-likeness (QED) is 0.628. The summed E-state index contributed by atoms with van der Waals surface area (Å²) in [6, 6.07) is 5.64. The van der Waals surface area contributed by atoms with Gasteiger partial charge in [0.2, 0.25) is 6.41 Å². The highest BCUT2D eigenvalue weighted by molar-refractivity contribution is 7.07. The number of hydrogen-bond acceptors (Lipinski definition) is 4. The molecule has 3 aromatic rings. The Hall–Kier alpha value is -2.12. The number of thiazole rings is 1. The zero-order valence-corrected chi connectivity index (χ0v) is 14.9. The van der Waals surface area contributed by atoms with Gasteiger partial charge < -0.3 is 15.0 Å². The van der Waals surface area contributed by atoms with Crippen molar-refractivity contribution in [3.05, 3.63) is 45.5 Å². The van der Waals surface area contributed by atoms with Crippen molar-refractivity contribution in [3.63, 3.8) is 0 Å². The summed E-state index contributed by atoms with van der Waals surface area (Å²) in [5, 5.41) is 6.07. The van der Waals surface area contributed by atoms with Crippen LogP contribution in [0.4, 0.5) is 4.39 Å². The second-order valence-electron chi connectivity index (χ2n) is 5.61. The summed E-state index contributed by atoms with van der Waals surface area (Å²) in [5.74, 6) is 0.605. The number of benzene rings is 1. The van der Waals surface area contributed by atoms with Gasteiger partial charge >= 0.3 is 0 Å². The van der Waals surface area contributed by atoms with E-state index in [2.05, 4.69) is 15.3 Å². The second kappa shape index (κ2) is 8.31. The smallest absolute Gasteiger partial charge is 0.207 e. The van der Waals surface area contributed by atoms with Gasteiger partial charge in [-0.25, -0.2) is 9.37 Å². The third-order valence-electron chi connectivity index (χ3n) is 3.47. The number of nitrogens with one attached hydrogen (secondary N) is 2.